The van der Waals surface area contributed by atoms with Gasteiger partial charge in [-0.05, 0) is 29.9 Å². The maximum Gasteiger partial charge on any atom is 0.327 e. The summed E-state index contributed by atoms with van der Waals surface area (Å²) >= 11 is 0. The quantitative estimate of drug-likeness (QED) is 0.684. The highest BCUT2D eigenvalue weighted by Crippen LogP contribution is 2.33. The summed E-state index contributed by atoms with van der Waals surface area (Å²) in [5.74, 6) is -0.834. The van der Waals surface area contributed by atoms with Crippen LogP contribution in [-0.2, 0) is 9.53 Å². The molecule has 3 N–H and O–H groups in total. The van der Waals surface area contributed by atoms with Gasteiger partial charge in [-0.3, -0.25) is 0 Å². The third kappa shape index (κ3) is 4.09. The first-order valence-electron chi connectivity index (χ1n) is 7.35. The average molecular weight is 316 g/mol. The van der Waals surface area contributed by atoms with Gasteiger partial charge in [0.2, 0.25) is 0 Å². The molecule has 0 aromatic heterocycles. The zero-order chi connectivity index (χ0) is 16.8. The second-order valence-corrected chi connectivity index (χ2v) is 5.26. The Morgan fingerprint density at radius 1 is 1.22 bits per heavy atom. The number of aromatic hydroxyl groups is 1. The number of rotatable bonds is 7. The van der Waals surface area contributed by atoms with E-state index in [0.717, 1.165) is 11.5 Å². The van der Waals surface area contributed by atoms with Crippen molar-refractivity contribution in [1.29, 1.82) is 0 Å². The number of fused-ring (bicyclic) bond motifs is 1. The lowest BCUT2D eigenvalue weighted by molar-refractivity contribution is -0.131. The Labute approximate surface area is 134 Å². The standard InChI is InChI=1S/C18H20O5/c1-23-16(8-4-5-9-17(20)21)18(22)14-10-11-15(19)13-7-3-2-6-12(13)14/h2-3,5-7,9-11,16,18-19,22H,4,8H2,1H3,(H,20,21)/b9-5+/t16-,18-/m1/s1. The molecule has 0 amide bonds. The molecule has 0 aliphatic carbocycles. The number of phenolic OH excluding ortho intramolecular Hbond substituents is 1. The molecule has 0 radical (unpaired) electrons. The van der Waals surface area contributed by atoms with Crippen molar-refractivity contribution in [3.8, 4) is 5.75 Å². The van der Waals surface area contributed by atoms with Crippen molar-refractivity contribution < 1.29 is 24.9 Å². The number of benzene rings is 2. The number of hydrogen-bond donors (Lipinski definition) is 3. The van der Waals surface area contributed by atoms with Gasteiger partial charge in [-0.15, -0.1) is 0 Å². The van der Waals surface area contributed by atoms with Crippen LogP contribution in [0.2, 0.25) is 0 Å². The number of carbonyl (C=O) groups is 1. The van der Waals surface area contributed by atoms with E-state index in [4.69, 9.17) is 9.84 Å². The smallest absolute Gasteiger partial charge is 0.327 e. The van der Waals surface area contributed by atoms with Gasteiger partial charge in [0.1, 0.15) is 11.9 Å². The van der Waals surface area contributed by atoms with Crippen LogP contribution in [0.4, 0.5) is 0 Å². The highest BCUT2D eigenvalue weighted by molar-refractivity contribution is 5.91. The first-order chi connectivity index (χ1) is 11.0. The molecule has 23 heavy (non-hydrogen) atoms. The van der Waals surface area contributed by atoms with Crippen LogP contribution >= 0.6 is 0 Å². The van der Waals surface area contributed by atoms with Crippen molar-refractivity contribution >= 4 is 16.7 Å². The van der Waals surface area contributed by atoms with Crippen LogP contribution in [0, 0.1) is 0 Å². The molecule has 5 heteroatoms. The lowest BCUT2D eigenvalue weighted by Gasteiger charge is -2.23. The minimum absolute atomic E-state index is 0.162. The van der Waals surface area contributed by atoms with Crippen molar-refractivity contribution in [1.82, 2.24) is 0 Å². The van der Waals surface area contributed by atoms with Gasteiger partial charge in [-0.1, -0.05) is 36.4 Å². The molecular formula is C18H20O5. The molecule has 0 bridgehead atoms. The maximum atomic E-state index is 10.6. The Balaban J connectivity index is 2.22. The summed E-state index contributed by atoms with van der Waals surface area (Å²) in [7, 11) is 1.51. The molecule has 5 nitrogen and oxygen atoms in total. The van der Waals surface area contributed by atoms with E-state index >= 15 is 0 Å². The minimum atomic E-state index is -0.996. The van der Waals surface area contributed by atoms with E-state index in [9.17, 15) is 15.0 Å². The third-order valence-corrected chi connectivity index (χ3v) is 3.79. The molecule has 0 saturated heterocycles. The molecule has 0 aliphatic heterocycles. The molecule has 0 unspecified atom stereocenters. The maximum absolute atomic E-state index is 10.6. The first-order valence-corrected chi connectivity index (χ1v) is 7.35. The number of hydrogen-bond acceptors (Lipinski definition) is 4. The number of aliphatic hydroxyl groups excluding tert-OH is 1. The van der Waals surface area contributed by atoms with Gasteiger partial charge in [0.25, 0.3) is 0 Å². The lowest BCUT2D eigenvalue weighted by atomic mass is 9.95. The summed E-state index contributed by atoms with van der Waals surface area (Å²) in [6, 6.07) is 10.5. The normalized spacial score (nSPS) is 14.2. The van der Waals surface area contributed by atoms with E-state index in [-0.39, 0.29) is 5.75 Å². The number of allylic oxidation sites excluding steroid dienone is 1. The Hall–Kier alpha value is -2.37. The second-order valence-electron chi connectivity index (χ2n) is 5.26. The van der Waals surface area contributed by atoms with Crippen molar-refractivity contribution in [2.24, 2.45) is 0 Å². The zero-order valence-corrected chi connectivity index (χ0v) is 12.8. The van der Waals surface area contributed by atoms with Crippen LogP contribution in [0.1, 0.15) is 24.5 Å². The molecule has 0 spiro atoms. The van der Waals surface area contributed by atoms with Crippen LogP contribution in [0.15, 0.2) is 48.6 Å². The number of carboxylic acid groups (broad SMARTS) is 1. The number of aliphatic hydroxyl groups is 1. The van der Waals surface area contributed by atoms with Gasteiger partial charge >= 0.3 is 5.97 Å². The molecule has 2 aromatic rings. The Morgan fingerprint density at radius 2 is 1.91 bits per heavy atom. The van der Waals surface area contributed by atoms with Gasteiger partial charge < -0.3 is 20.1 Å². The van der Waals surface area contributed by atoms with Crippen LogP contribution < -0.4 is 0 Å². The van der Waals surface area contributed by atoms with Crippen molar-refractivity contribution in [3.63, 3.8) is 0 Å². The predicted octanol–water partition coefficient (Wildman–Crippen LogP) is 3.01. The highest BCUT2D eigenvalue weighted by atomic mass is 16.5. The van der Waals surface area contributed by atoms with E-state index in [1.165, 1.54) is 13.2 Å². The molecule has 2 rings (SSSR count). The van der Waals surface area contributed by atoms with E-state index in [1.54, 1.807) is 18.2 Å². The van der Waals surface area contributed by atoms with Gasteiger partial charge in [0, 0.05) is 18.6 Å². The molecule has 0 fully saturated rings. The number of carboxylic acids is 1. The lowest BCUT2D eigenvalue weighted by Crippen LogP contribution is -2.21. The SMILES string of the molecule is CO[C@H](CC/C=C/C(=O)O)[C@H](O)c1ccc(O)c2ccccc12. The summed E-state index contributed by atoms with van der Waals surface area (Å²) in [5, 5.41) is 30.6. The van der Waals surface area contributed by atoms with Gasteiger partial charge in [-0.25, -0.2) is 4.79 Å². The summed E-state index contributed by atoms with van der Waals surface area (Å²) < 4.78 is 5.36. The van der Waals surface area contributed by atoms with Crippen molar-refractivity contribution in [3.05, 3.63) is 54.1 Å². The van der Waals surface area contributed by atoms with E-state index in [0.29, 0.717) is 23.8 Å². The monoisotopic (exact) mass is 316 g/mol. The average Bonchev–Trinajstić information content (AvgIpc) is 2.55. The van der Waals surface area contributed by atoms with Gasteiger partial charge in [0.15, 0.2) is 0 Å². The van der Waals surface area contributed by atoms with Crippen molar-refractivity contribution in [2.45, 2.75) is 25.0 Å². The van der Waals surface area contributed by atoms with E-state index < -0.39 is 18.2 Å². The summed E-state index contributed by atoms with van der Waals surface area (Å²) in [6.45, 7) is 0. The van der Waals surface area contributed by atoms with Crippen molar-refractivity contribution in [2.75, 3.05) is 7.11 Å². The Morgan fingerprint density at radius 3 is 2.57 bits per heavy atom. The third-order valence-electron chi connectivity index (χ3n) is 3.79. The second kappa shape index (κ2) is 7.76. The van der Waals surface area contributed by atoms with Crippen LogP contribution in [0.5, 0.6) is 5.75 Å². The topological polar surface area (TPSA) is 87.0 Å². The zero-order valence-electron chi connectivity index (χ0n) is 12.8. The summed E-state index contributed by atoms with van der Waals surface area (Å²) in [6.07, 6.45) is 2.24. The van der Waals surface area contributed by atoms with Crippen LogP contribution in [0.25, 0.3) is 10.8 Å². The minimum Gasteiger partial charge on any atom is -0.507 e. The number of ether oxygens (including phenoxy) is 1. The fourth-order valence-corrected chi connectivity index (χ4v) is 2.61. The van der Waals surface area contributed by atoms with E-state index in [2.05, 4.69) is 0 Å². The molecular weight excluding hydrogens is 296 g/mol. The largest absolute Gasteiger partial charge is 0.507 e. The fraction of sp³-hybridized carbons (Fsp3) is 0.278. The van der Waals surface area contributed by atoms with E-state index in [1.807, 2.05) is 18.2 Å². The molecule has 0 aliphatic rings. The molecule has 2 atom stereocenters. The van der Waals surface area contributed by atoms with Crippen LogP contribution in [0.3, 0.4) is 0 Å². The Kier molecular flexibility index (Phi) is 5.73. The summed E-state index contributed by atoms with van der Waals surface area (Å²) in [5.41, 5.74) is 0.674. The number of methoxy groups -OCH3 is 1. The molecule has 0 heterocycles. The molecule has 0 saturated carbocycles. The summed E-state index contributed by atoms with van der Waals surface area (Å²) in [4.78, 5) is 10.5. The Bertz CT molecular complexity index is 708. The predicted molar refractivity (Wildman–Crippen MR) is 87.4 cm³/mol. The van der Waals surface area contributed by atoms with Gasteiger partial charge in [-0.2, -0.15) is 0 Å². The fourth-order valence-electron chi connectivity index (χ4n) is 2.61. The molecule has 2 aromatic carbocycles. The van der Waals surface area contributed by atoms with Gasteiger partial charge in [0.05, 0.1) is 6.10 Å². The molecule has 122 valence electrons. The first kappa shape index (κ1) is 17.0. The highest BCUT2D eigenvalue weighted by Gasteiger charge is 2.22. The van der Waals surface area contributed by atoms with Crippen LogP contribution in [-0.4, -0.2) is 34.5 Å². The number of phenols is 1. The number of aliphatic carboxylic acids is 1.